The highest BCUT2D eigenvalue weighted by Gasteiger charge is 1.94. The van der Waals surface area contributed by atoms with Gasteiger partial charge >= 0.3 is 0 Å². The zero-order valence-corrected chi connectivity index (χ0v) is 9.70. The van der Waals surface area contributed by atoms with Crippen molar-refractivity contribution in [1.82, 2.24) is 4.98 Å². The molecule has 1 aliphatic heterocycles. The van der Waals surface area contributed by atoms with E-state index in [1.54, 1.807) is 0 Å². The Kier molecular flexibility index (Phi) is 3.20. The fourth-order valence-corrected chi connectivity index (χ4v) is 1.69. The van der Waals surface area contributed by atoms with Gasteiger partial charge in [-0.05, 0) is 25.5 Å². The summed E-state index contributed by atoms with van der Waals surface area (Å²) in [5.74, 6) is 0. The molecule has 1 aromatic heterocycles. The van der Waals surface area contributed by atoms with Gasteiger partial charge in [-0.15, -0.1) is 0 Å². The SMILES string of the molecule is CC1=CCC=N1.Cc1c[nH]c2ccccc12. The van der Waals surface area contributed by atoms with Crippen molar-refractivity contribution in [3.05, 3.63) is 47.8 Å². The van der Waals surface area contributed by atoms with E-state index in [1.807, 2.05) is 25.4 Å². The lowest BCUT2D eigenvalue weighted by molar-refractivity contribution is 1.34. The fourth-order valence-electron chi connectivity index (χ4n) is 1.69. The van der Waals surface area contributed by atoms with E-state index in [2.05, 4.69) is 41.2 Å². The number of nitrogens with zero attached hydrogens (tertiary/aromatic N) is 1. The Morgan fingerprint density at radius 1 is 1.19 bits per heavy atom. The molecule has 0 bridgehead atoms. The molecule has 2 aromatic rings. The van der Waals surface area contributed by atoms with Crippen LogP contribution in [0, 0.1) is 6.92 Å². The summed E-state index contributed by atoms with van der Waals surface area (Å²) in [5, 5.41) is 1.32. The van der Waals surface area contributed by atoms with Crippen molar-refractivity contribution in [3.8, 4) is 0 Å². The Bertz CT molecular complexity index is 530. The van der Waals surface area contributed by atoms with Gasteiger partial charge in [-0.1, -0.05) is 24.3 Å². The van der Waals surface area contributed by atoms with Crippen LogP contribution >= 0.6 is 0 Å². The molecule has 0 spiro atoms. The molecule has 0 saturated heterocycles. The maximum absolute atomic E-state index is 3.97. The molecule has 0 atom stereocenters. The van der Waals surface area contributed by atoms with Crippen LogP contribution < -0.4 is 0 Å². The number of H-pyrrole nitrogens is 1. The van der Waals surface area contributed by atoms with Crippen LogP contribution in [0.4, 0.5) is 0 Å². The van der Waals surface area contributed by atoms with Crippen LogP contribution in [0.1, 0.15) is 18.9 Å². The topological polar surface area (TPSA) is 28.1 Å². The second-order valence-electron chi connectivity index (χ2n) is 3.91. The number of hydrogen-bond donors (Lipinski definition) is 1. The molecule has 1 aromatic carbocycles. The maximum Gasteiger partial charge on any atom is 0.0456 e. The van der Waals surface area contributed by atoms with E-state index in [0.717, 1.165) is 12.1 Å². The molecule has 0 fully saturated rings. The number of aliphatic imine (C=N–C) groups is 1. The minimum atomic E-state index is 1.03. The quantitative estimate of drug-likeness (QED) is 0.687. The number of fused-ring (bicyclic) bond motifs is 1. The van der Waals surface area contributed by atoms with Crippen molar-refractivity contribution in [2.24, 2.45) is 4.99 Å². The molecule has 0 aliphatic carbocycles. The van der Waals surface area contributed by atoms with Crippen LogP contribution in [0.5, 0.6) is 0 Å². The Hall–Kier alpha value is -1.83. The van der Waals surface area contributed by atoms with Crippen molar-refractivity contribution < 1.29 is 0 Å². The van der Waals surface area contributed by atoms with Crippen LogP contribution in [-0.2, 0) is 0 Å². The summed E-state index contributed by atoms with van der Waals surface area (Å²) in [6.45, 7) is 4.11. The number of aromatic amines is 1. The maximum atomic E-state index is 3.97. The summed E-state index contributed by atoms with van der Waals surface area (Å²) in [6.07, 6.45) is 7.08. The molecular formula is C14H16N2. The van der Waals surface area contributed by atoms with E-state index in [0.29, 0.717) is 0 Å². The number of hydrogen-bond acceptors (Lipinski definition) is 1. The van der Waals surface area contributed by atoms with Gasteiger partial charge in [0.2, 0.25) is 0 Å². The largest absolute Gasteiger partial charge is 0.361 e. The molecule has 1 aliphatic rings. The second-order valence-corrected chi connectivity index (χ2v) is 3.91. The number of allylic oxidation sites excluding steroid dienone is 2. The molecule has 0 amide bonds. The third-order valence-electron chi connectivity index (χ3n) is 2.61. The van der Waals surface area contributed by atoms with Crippen LogP contribution in [0.25, 0.3) is 10.9 Å². The second kappa shape index (κ2) is 4.79. The van der Waals surface area contributed by atoms with Gasteiger partial charge in [-0.3, -0.25) is 4.99 Å². The highest BCUT2D eigenvalue weighted by molar-refractivity contribution is 5.82. The molecule has 2 heterocycles. The molecule has 0 saturated carbocycles. The minimum absolute atomic E-state index is 1.03. The number of para-hydroxylation sites is 1. The van der Waals surface area contributed by atoms with Crippen LogP contribution in [-0.4, -0.2) is 11.2 Å². The van der Waals surface area contributed by atoms with Gasteiger partial charge in [0.25, 0.3) is 0 Å². The van der Waals surface area contributed by atoms with Crippen molar-refractivity contribution in [2.45, 2.75) is 20.3 Å². The van der Waals surface area contributed by atoms with Gasteiger partial charge < -0.3 is 4.98 Å². The lowest BCUT2D eigenvalue weighted by atomic mass is 10.2. The van der Waals surface area contributed by atoms with Crippen molar-refractivity contribution in [1.29, 1.82) is 0 Å². The zero-order chi connectivity index (χ0) is 11.4. The highest BCUT2D eigenvalue weighted by Crippen LogP contribution is 2.15. The number of nitrogens with one attached hydrogen (secondary N) is 1. The highest BCUT2D eigenvalue weighted by atomic mass is 14.7. The van der Waals surface area contributed by atoms with Crippen molar-refractivity contribution in [2.75, 3.05) is 0 Å². The predicted molar refractivity (Wildman–Crippen MR) is 69.9 cm³/mol. The third-order valence-corrected chi connectivity index (χ3v) is 2.61. The summed E-state index contributed by atoms with van der Waals surface area (Å²) in [5.41, 5.74) is 3.69. The minimum Gasteiger partial charge on any atom is -0.361 e. The predicted octanol–water partition coefficient (Wildman–Crippen LogP) is 3.84. The average Bonchev–Trinajstić information content (AvgIpc) is 2.91. The lowest BCUT2D eigenvalue weighted by Crippen LogP contribution is -1.64. The average molecular weight is 212 g/mol. The van der Waals surface area contributed by atoms with E-state index < -0.39 is 0 Å². The van der Waals surface area contributed by atoms with E-state index in [9.17, 15) is 0 Å². The van der Waals surface area contributed by atoms with Crippen molar-refractivity contribution >= 4 is 17.1 Å². The lowest BCUT2D eigenvalue weighted by Gasteiger charge is -1.86. The zero-order valence-electron chi connectivity index (χ0n) is 9.70. The Morgan fingerprint density at radius 2 is 2.00 bits per heavy atom. The summed E-state index contributed by atoms with van der Waals surface area (Å²) in [7, 11) is 0. The standard InChI is InChI=1S/C9H9N.C5H7N/c1-7-6-10-9-5-3-2-4-8(7)9;1-5-3-2-4-6-5/h2-6,10H,1H3;3-4H,2H2,1H3. The summed E-state index contributed by atoms with van der Waals surface area (Å²) in [6, 6.07) is 8.31. The Labute approximate surface area is 95.7 Å². The molecule has 0 unspecified atom stereocenters. The van der Waals surface area contributed by atoms with E-state index in [4.69, 9.17) is 0 Å². The van der Waals surface area contributed by atoms with E-state index in [1.165, 1.54) is 16.5 Å². The van der Waals surface area contributed by atoms with Crippen LogP contribution in [0.2, 0.25) is 0 Å². The molecule has 2 heteroatoms. The van der Waals surface area contributed by atoms with Gasteiger partial charge in [0.05, 0.1) is 0 Å². The Balaban J connectivity index is 0.000000138. The Morgan fingerprint density at radius 3 is 2.56 bits per heavy atom. The van der Waals surface area contributed by atoms with E-state index in [-0.39, 0.29) is 0 Å². The van der Waals surface area contributed by atoms with Gasteiger partial charge in [0.1, 0.15) is 0 Å². The first-order valence-electron chi connectivity index (χ1n) is 5.49. The van der Waals surface area contributed by atoms with Gasteiger partial charge in [0.15, 0.2) is 0 Å². The van der Waals surface area contributed by atoms with Gasteiger partial charge in [-0.2, -0.15) is 0 Å². The molecule has 2 nitrogen and oxygen atoms in total. The van der Waals surface area contributed by atoms with Gasteiger partial charge in [0, 0.05) is 35.4 Å². The monoisotopic (exact) mass is 212 g/mol. The third kappa shape index (κ3) is 2.40. The molecule has 0 radical (unpaired) electrons. The molecule has 16 heavy (non-hydrogen) atoms. The molecule has 1 N–H and O–H groups in total. The van der Waals surface area contributed by atoms with Crippen LogP contribution in [0.3, 0.4) is 0 Å². The summed E-state index contributed by atoms with van der Waals surface area (Å²) >= 11 is 0. The number of aryl methyl sites for hydroxylation is 1. The fraction of sp³-hybridized carbons (Fsp3) is 0.214. The normalized spacial score (nSPS) is 13.5. The first-order valence-corrected chi connectivity index (χ1v) is 5.49. The van der Waals surface area contributed by atoms with Crippen molar-refractivity contribution in [3.63, 3.8) is 0 Å². The first-order chi connectivity index (χ1) is 7.77. The van der Waals surface area contributed by atoms with Crippen LogP contribution in [0.15, 0.2) is 47.2 Å². The molecular weight excluding hydrogens is 196 g/mol. The number of aromatic nitrogens is 1. The van der Waals surface area contributed by atoms with E-state index >= 15 is 0 Å². The molecule has 3 rings (SSSR count). The summed E-state index contributed by atoms with van der Waals surface area (Å²) < 4.78 is 0. The number of rotatable bonds is 0. The number of benzene rings is 1. The van der Waals surface area contributed by atoms with Gasteiger partial charge in [-0.25, -0.2) is 0 Å². The first kappa shape index (κ1) is 10.7. The molecule has 82 valence electrons. The summed E-state index contributed by atoms with van der Waals surface area (Å²) in [4.78, 5) is 7.16. The smallest absolute Gasteiger partial charge is 0.0456 e.